The third-order valence-corrected chi connectivity index (χ3v) is 1.82. The Bertz CT molecular complexity index is 380. The molecule has 1 rings (SSSR count). The van der Waals surface area contributed by atoms with Gasteiger partial charge in [0, 0.05) is 12.6 Å². The van der Waals surface area contributed by atoms with Gasteiger partial charge in [0.25, 0.3) is 0 Å². The van der Waals surface area contributed by atoms with Crippen molar-refractivity contribution in [2.45, 2.75) is 32.8 Å². The number of nitrogens with one attached hydrogen (secondary N) is 1. The quantitative estimate of drug-likeness (QED) is 0.645. The molecule has 0 atom stereocenters. The van der Waals surface area contributed by atoms with E-state index >= 15 is 0 Å². The molecule has 0 aromatic heterocycles. The fourth-order valence-corrected chi connectivity index (χ4v) is 1.16. The van der Waals surface area contributed by atoms with Gasteiger partial charge in [-0.15, -0.1) is 0 Å². The Hall–Kier alpha value is -1.84. The summed E-state index contributed by atoms with van der Waals surface area (Å²) >= 11 is 0. The number of carbonyl (C=O) groups excluding carboxylic acids is 1. The predicted octanol–water partition coefficient (Wildman–Crippen LogP) is 2.74. The Balaban J connectivity index is 2.29. The molecule has 0 heterocycles. The fourth-order valence-electron chi connectivity index (χ4n) is 1.16. The van der Waals surface area contributed by atoms with E-state index < -0.39 is 11.7 Å². The van der Waals surface area contributed by atoms with E-state index in [-0.39, 0.29) is 0 Å². The summed E-state index contributed by atoms with van der Waals surface area (Å²) in [7, 11) is 0. The summed E-state index contributed by atoms with van der Waals surface area (Å²) in [5.74, 6) is 0. The highest BCUT2D eigenvalue weighted by Crippen LogP contribution is 2.06. The number of amides is 1. The highest BCUT2D eigenvalue weighted by molar-refractivity contribution is 5.70. The largest absolute Gasteiger partial charge is 0.443 e. The lowest BCUT2D eigenvalue weighted by atomic mass is 10.2. The highest BCUT2D eigenvalue weighted by atomic mass is 16.6. The molecule has 0 radical (unpaired) electrons. The molecule has 0 unspecified atom stereocenters. The van der Waals surface area contributed by atoms with Gasteiger partial charge in [-0.25, -0.2) is 10.2 Å². The summed E-state index contributed by atoms with van der Waals surface area (Å²) < 4.78 is 5.03. The summed E-state index contributed by atoms with van der Waals surface area (Å²) in [4.78, 5) is 11.2. The number of nitrogens with zero attached hydrogens (tertiary/aromatic N) is 1. The summed E-state index contributed by atoms with van der Waals surface area (Å²) in [6.45, 7) is 5.42. The van der Waals surface area contributed by atoms with E-state index in [0.717, 1.165) is 5.56 Å². The summed E-state index contributed by atoms with van der Waals surface area (Å²) in [5, 5.41) is 3.80. The number of hydrazone groups is 1. The average molecular weight is 234 g/mol. The fraction of sp³-hybridized carbons (Fsp3) is 0.385. The summed E-state index contributed by atoms with van der Waals surface area (Å²) in [6.07, 6.45) is 1.78. The Morgan fingerprint density at radius 1 is 1.35 bits per heavy atom. The maximum absolute atomic E-state index is 11.2. The molecule has 0 aliphatic carbocycles. The first-order valence-corrected chi connectivity index (χ1v) is 5.52. The van der Waals surface area contributed by atoms with Crippen LogP contribution in [0.4, 0.5) is 4.79 Å². The van der Waals surface area contributed by atoms with E-state index in [1.807, 2.05) is 30.3 Å². The van der Waals surface area contributed by atoms with Crippen LogP contribution in [0.1, 0.15) is 26.3 Å². The van der Waals surface area contributed by atoms with E-state index in [2.05, 4.69) is 10.5 Å². The van der Waals surface area contributed by atoms with Crippen molar-refractivity contribution >= 4 is 12.3 Å². The molecular weight excluding hydrogens is 216 g/mol. The molecule has 4 heteroatoms. The smallest absolute Gasteiger partial charge is 0.428 e. The third kappa shape index (κ3) is 6.35. The van der Waals surface area contributed by atoms with Crippen LogP contribution in [-0.4, -0.2) is 17.9 Å². The van der Waals surface area contributed by atoms with Crippen molar-refractivity contribution in [2.24, 2.45) is 5.10 Å². The maximum atomic E-state index is 11.2. The number of carbonyl (C=O) groups is 1. The molecule has 1 aromatic carbocycles. The van der Waals surface area contributed by atoms with Gasteiger partial charge >= 0.3 is 6.09 Å². The lowest BCUT2D eigenvalue weighted by Gasteiger charge is -2.18. The topological polar surface area (TPSA) is 50.7 Å². The Kier molecular flexibility index (Phi) is 4.69. The Morgan fingerprint density at radius 3 is 2.59 bits per heavy atom. The minimum Gasteiger partial charge on any atom is -0.443 e. The molecule has 1 aromatic rings. The molecule has 0 aliphatic heterocycles. The molecule has 0 fully saturated rings. The molecule has 0 aliphatic rings. The summed E-state index contributed by atoms with van der Waals surface area (Å²) in [5.41, 5.74) is 2.96. The van der Waals surface area contributed by atoms with Gasteiger partial charge in [0.1, 0.15) is 5.60 Å². The molecule has 4 nitrogen and oxygen atoms in total. The lowest BCUT2D eigenvalue weighted by molar-refractivity contribution is 0.0529. The number of ether oxygens (including phenoxy) is 1. The Labute approximate surface area is 102 Å². The van der Waals surface area contributed by atoms with Crippen molar-refractivity contribution in [2.75, 3.05) is 0 Å². The third-order valence-electron chi connectivity index (χ3n) is 1.82. The maximum Gasteiger partial charge on any atom is 0.428 e. The molecular formula is C13H18N2O2. The lowest BCUT2D eigenvalue weighted by Crippen LogP contribution is -2.29. The predicted molar refractivity (Wildman–Crippen MR) is 68.0 cm³/mol. The molecule has 17 heavy (non-hydrogen) atoms. The molecule has 0 spiro atoms. The molecule has 0 saturated carbocycles. The Morgan fingerprint density at radius 2 is 2.00 bits per heavy atom. The molecule has 0 saturated heterocycles. The second-order valence-corrected chi connectivity index (χ2v) is 4.62. The van der Waals surface area contributed by atoms with Gasteiger partial charge in [0.2, 0.25) is 0 Å². The standard InChI is InChI=1S/C13H18N2O2/c1-13(2,3)17-12(16)15-14-10-9-11-7-5-4-6-8-11/h4-8,10H,9H2,1-3H3,(H,15,16)/b14-10+. The molecule has 92 valence electrons. The highest BCUT2D eigenvalue weighted by Gasteiger charge is 2.15. The van der Waals surface area contributed by atoms with Crippen molar-refractivity contribution in [1.29, 1.82) is 0 Å². The number of hydrogen-bond acceptors (Lipinski definition) is 3. The zero-order valence-electron chi connectivity index (χ0n) is 10.4. The second kappa shape index (κ2) is 6.03. The number of rotatable bonds is 3. The minimum atomic E-state index is -0.540. The van der Waals surface area contributed by atoms with E-state index in [4.69, 9.17) is 4.74 Å². The van der Waals surface area contributed by atoms with Gasteiger partial charge in [-0.2, -0.15) is 5.10 Å². The van der Waals surface area contributed by atoms with Crippen LogP contribution in [0.2, 0.25) is 0 Å². The molecule has 1 amide bonds. The zero-order chi connectivity index (χ0) is 12.7. The van der Waals surface area contributed by atoms with E-state index in [0.29, 0.717) is 6.42 Å². The number of hydrogen-bond donors (Lipinski definition) is 1. The van der Waals surface area contributed by atoms with Crippen LogP contribution < -0.4 is 5.43 Å². The van der Waals surface area contributed by atoms with Crippen LogP contribution in [0, 0.1) is 0 Å². The van der Waals surface area contributed by atoms with E-state index in [9.17, 15) is 4.79 Å². The van der Waals surface area contributed by atoms with Crippen molar-refractivity contribution in [3.05, 3.63) is 35.9 Å². The van der Waals surface area contributed by atoms with E-state index in [1.165, 1.54) is 0 Å². The van der Waals surface area contributed by atoms with Crippen LogP contribution in [0.3, 0.4) is 0 Å². The van der Waals surface area contributed by atoms with E-state index in [1.54, 1.807) is 27.0 Å². The minimum absolute atomic E-state index is 0.501. The molecule has 0 bridgehead atoms. The monoisotopic (exact) mass is 234 g/mol. The first-order valence-electron chi connectivity index (χ1n) is 5.52. The molecule has 1 N–H and O–H groups in total. The average Bonchev–Trinajstić information content (AvgIpc) is 2.23. The second-order valence-electron chi connectivity index (χ2n) is 4.62. The van der Waals surface area contributed by atoms with Crippen LogP contribution in [-0.2, 0) is 11.2 Å². The van der Waals surface area contributed by atoms with Gasteiger partial charge in [-0.05, 0) is 26.3 Å². The van der Waals surface area contributed by atoms with Crippen LogP contribution in [0.15, 0.2) is 35.4 Å². The van der Waals surface area contributed by atoms with Gasteiger partial charge in [0.15, 0.2) is 0 Å². The summed E-state index contributed by atoms with van der Waals surface area (Å²) in [6, 6.07) is 9.88. The van der Waals surface area contributed by atoms with Crippen molar-refractivity contribution in [3.8, 4) is 0 Å². The van der Waals surface area contributed by atoms with Crippen molar-refractivity contribution < 1.29 is 9.53 Å². The first kappa shape index (κ1) is 13.2. The zero-order valence-corrected chi connectivity index (χ0v) is 10.4. The van der Waals surface area contributed by atoms with Gasteiger partial charge < -0.3 is 4.74 Å². The van der Waals surface area contributed by atoms with Crippen LogP contribution in [0.25, 0.3) is 0 Å². The van der Waals surface area contributed by atoms with Gasteiger partial charge in [0.05, 0.1) is 0 Å². The normalized spacial score (nSPS) is 11.5. The van der Waals surface area contributed by atoms with Crippen molar-refractivity contribution in [3.63, 3.8) is 0 Å². The number of benzene rings is 1. The van der Waals surface area contributed by atoms with Gasteiger partial charge in [-0.3, -0.25) is 0 Å². The van der Waals surface area contributed by atoms with Crippen LogP contribution >= 0.6 is 0 Å². The SMILES string of the molecule is CC(C)(C)OC(=O)N/N=C/Cc1ccccc1. The first-order chi connectivity index (χ1) is 7.97. The van der Waals surface area contributed by atoms with Crippen LogP contribution in [0.5, 0.6) is 0 Å². The van der Waals surface area contributed by atoms with Gasteiger partial charge in [-0.1, -0.05) is 30.3 Å². The van der Waals surface area contributed by atoms with Crippen molar-refractivity contribution in [1.82, 2.24) is 5.43 Å².